The summed E-state index contributed by atoms with van der Waals surface area (Å²) in [5.41, 5.74) is 0. The van der Waals surface area contributed by atoms with Crippen molar-refractivity contribution in [3.63, 3.8) is 0 Å². The lowest BCUT2D eigenvalue weighted by Crippen LogP contribution is -2.66. The van der Waals surface area contributed by atoms with Crippen LogP contribution in [-0.2, 0) is 14.3 Å². The summed E-state index contributed by atoms with van der Waals surface area (Å²) in [6.07, 6.45) is 6.12. The third-order valence-electron chi connectivity index (χ3n) is 4.34. The Morgan fingerprint density at radius 2 is 2.10 bits per heavy atom. The lowest BCUT2D eigenvalue weighted by molar-refractivity contribution is -0.164. The zero-order valence-corrected chi connectivity index (χ0v) is 12.9. The highest BCUT2D eigenvalue weighted by Gasteiger charge is 2.45. The molecule has 0 aromatic heterocycles. The minimum absolute atomic E-state index is 0.105. The molecule has 2 unspecified atom stereocenters. The maximum absolute atomic E-state index is 12.7. The fourth-order valence-electron chi connectivity index (χ4n) is 3.21. The maximum Gasteiger partial charge on any atom is 0.246 e. The van der Waals surface area contributed by atoms with Crippen LogP contribution in [0.2, 0.25) is 0 Å². The molecule has 0 aliphatic carbocycles. The highest BCUT2D eigenvalue weighted by atomic mass is 16.5. The second-order valence-corrected chi connectivity index (χ2v) is 5.69. The van der Waals surface area contributed by atoms with E-state index in [2.05, 4.69) is 6.58 Å². The van der Waals surface area contributed by atoms with Gasteiger partial charge in [-0.15, -0.1) is 6.58 Å². The summed E-state index contributed by atoms with van der Waals surface area (Å²) in [6.45, 7) is 7.95. The fourth-order valence-corrected chi connectivity index (χ4v) is 3.21. The predicted molar refractivity (Wildman–Crippen MR) is 80.8 cm³/mol. The Balaban J connectivity index is 1.98. The van der Waals surface area contributed by atoms with E-state index in [9.17, 15) is 9.59 Å². The van der Waals surface area contributed by atoms with E-state index >= 15 is 0 Å². The molecule has 0 aromatic rings. The van der Waals surface area contributed by atoms with Crippen molar-refractivity contribution in [2.75, 3.05) is 26.3 Å². The van der Waals surface area contributed by atoms with Gasteiger partial charge >= 0.3 is 0 Å². The Morgan fingerprint density at radius 1 is 1.29 bits per heavy atom. The molecule has 0 bridgehead atoms. The summed E-state index contributed by atoms with van der Waals surface area (Å²) in [5, 5.41) is 0. The molecule has 0 spiro atoms. The molecule has 5 heteroatoms. The number of fused-ring (bicyclic) bond motifs is 1. The van der Waals surface area contributed by atoms with Gasteiger partial charge in [0.15, 0.2) is 0 Å². The van der Waals surface area contributed by atoms with E-state index in [1.54, 1.807) is 9.80 Å². The van der Waals surface area contributed by atoms with E-state index in [1.807, 2.05) is 13.0 Å². The van der Waals surface area contributed by atoms with Gasteiger partial charge in [0.25, 0.3) is 0 Å². The van der Waals surface area contributed by atoms with Gasteiger partial charge in [-0.25, -0.2) is 0 Å². The Labute approximate surface area is 126 Å². The van der Waals surface area contributed by atoms with Crippen molar-refractivity contribution in [1.82, 2.24) is 9.80 Å². The summed E-state index contributed by atoms with van der Waals surface area (Å²) in [6, 6.07) is -0.544. The van der Waals surface area contributed by atoms with Crippen molar-refractivity contribution in [3.8, 4) is 0 Å². The minimum atomic E-state index is -0.310. The van der Waals surface area contributed by atoms with Crippen molar-refractivity contribution in [2.24, 2.45) is 0 Å². The molecule has 2 rings (SSSR count). The first-order chi connectivity index (χ1) is 10.2. The highest BCUT2D eigenvalue weighted by Crippen LogP contribution is 2.27. The van der Waals surface area contributed by atoms with Crippen LogP contribution in [0.3, 0.4) is 0 Å². The van der Waals surface area contributed by atoms with Gasteiger partial charge in [0.2, 0.25) is 11.8 Å². The molecule has 2 heterocycles. The molecular formula is C16H26N2O3. The van der Waals surface area contributed by atoms with Gasteiger partial charge in [-0.1, -0.05) is 13.0 Å². The van der Waals surface area contributed by atoms with Crippen molar-refractivity contribution in [3.05, 3.63) is 12.7 Å². The zero-order valence-electron chi connectivity index (χ0n) is 12.9. The quantitative estimate of drug-likeness (QED) is 0.529. The average molecular weight is 294 g/mol. The fraction of sp³-hybridized carbons (Fsp3) is 0.750. The second-order valence-electron chi connectivity index (χ2n) is 5.69. The zero-order chi connectivity index (χ0) is 15.2. The van der Waals surface area contributed by atoms with Crippen molar-refractivity contribution in [2.45, 2.75) is 51.1 Å². The molecule has 2 saturated heterocycles. The number of piperazine rings is 1. The molecular weight excluding hydrogens is 268 g/mol. The number of hydrogen-bond donors (Lipinski definition) is 0. The number of hydrogen-bond acceptors (Lipinski definition) is 3. The standard InChI is InChI=1S/C16H26N2O3/c1-3-5-11-21-12-10-18-13(4-2)15(19)17-9-7-6-8-14(17)16(18)20/h3,13-14H,1,4-12H2,2H3. The third kappa shape index (κ3) is 3.46. The monoisotopic (exact) mass is 294 g/mol. The van der Waals surface area contributed by atoms with Crippen LogP contribution in [-0.4, -0.2) is 60.0 Å². The van der Waals surface area contributed by atoms with E-state index in [0.29, 0.717) is 26.2 Å². The molecule has 118 valence electrons. The lowest BCUT2D eigenvalue weighted by Gasteiger charge is -2.46. The summed E-state index contributed by atoms with van der Waals surface area (Å²) >= 11 is 0. The topological polar surface area (TPSA) is 49.9 Å². The van der Waals surface area contributed by atoms with Crippen molar-refractivity contribution < 1.29 is 14.3 Å². The smallest absolute Gasteiger partial charge is 0.246 e. The summed E-state index contributed by atoms with van der Waals surface area (Å²) < 4.78 is 5.50. The SMILES string of the molecule is C=CCCOCCN1C(=O)C2CCCCN2C(=O)C1CC. The number of piperidine rings is 1. The van der Waals surface area contributed by atoms with Crippen LogP contribution in [0.1, 0.15) is 39.0 Å². The molecule has 2 amide bonds. The largest absolute Gasteiger partial charge is 0.379 e. The van der Waals surface area contributed by atoms with E-state index in [0.717, 1.165) is 32.2 Å². The summed E-state index contributed by atoms with van der Waals surface area (Å²) in [4.78, 5) is 28.8. The van der Waals surface area contributed by atoms with Gasteiger partial charge < -0.3 is 14.5 Å². The lowest BCUT2D eigenvalue weighted by atomic mass is 9.94. The first-order valence-electron chi connectivity index (χ1n) is 8.00. The van der Waals surface area contributed by atoms with Crippen LogP contribution in [0.15, 0.2) is 12.7 Å². The number of carbonyl (C=O) groups excluding carboxylic acids is 2. The normalized spacial score (nSPS) is 26.0. The molecule has 2 aliphatic heterocycles. The molecule has 5 nitrogen and oxygen atoms in total. The van der Waals surface area contributed by atoms with Gasteiger partial charge in [-0.2, -0.15) is 0 Å². The van der Waals surface area contributed by atoms with Crippen molar-refractivity contribution >= 4 is 11.8 Å². The second kappa shape index (κ2) is 7.59. The molecule has 2 atom stereocenters. The Kier molecular flexibility index (Phi) is 5.79. The summed E-state index contributed by atoms with van der Waals surface area (Å²) in [7, 11) is 0. The Hall–Kier alpha value is -1.36. The first kappa shape index (κ1) is 16.0. The van der Waals surface area contributed by atoms with Gasteiger partial charge in [-0.05, 0) is 32.1 Å². The van der Waals surface area contributed by atoms with E-state index in [1.165, 1.54) is 0 Å². The predicted octanol–water partition coefficient (Wildman–Crippen LogP) is 1.58. The van der Waals surface area contributed by atoms with Gasteiger partial charge in [0, 0.05) is 13.1 Å². The van der Waals surface area contributed by atoms with Crippen LogP contribution in [0.4, 0.5) is 0 Å². The Morgan fingerprint density at radius 3 is 2.81 bits per heavy atom. The van der Waals surface area contributed by atoms with Crippen LogP contribution in [0.5, 0.6) is 0 Å². The van der Waals surface area contributed by atoms with Crippen LogP contribution in [0.25, 0.3) is 0 Å². The number of amides is 2. The van der Waals surface area contributed by atoms with E-state index < -0.39 is 0 Å². The molecule has 0 N–H and O–H groups in total. The Bertz CT molecular complexity index is 397. The van der Waals surface area contributed by atoms with Gasteiger partial charge in [0.05, 0.1) is 13.2 Å². The van der Waals surface area contributed by atoms with Crippen LogP contribution >= 0.6 is 0 Å². The number of rotatable bonds is 7. The molecule has 2 aliphatic rings. The highest BCUT2D eigenvalue weighted by molar-refractivity contribution is 5.97. The third-order valence-corrected chi connectivity index (χ3v) is 4.34. The number of nitrogens with zero attached hydrogens (tertiary/aromatic N) is 2. The maximum atomic E-state index is 12.7. The molecule has 0 aromatic carbocycles. The van der Waals surface area contributed by atoms with Crippen LogP contribution in [0, 0.1) is 0 Å². The number of carbonyl (C=O) groups is 2. The molecule has 0 saturated carbocycles. The molecule has 21 heavy (non-hydrogen) atoms. The van der Waals surface area contributed by atoms with Gasteiger partial charge in [0.1, 0.15) is 12.1 Å². The first-order valence-corrected chi connectivity index (χ1v) is 8.00. The van der Waals surface area contributed by atoms with Gasteiger partial charge in [-0.3, -0.25) is 9.59 Å². The molecule has 2 fully saturated rings. The molecule has 0 radical (unpaired) electrons. The van der Waals surface area contributed by atoms with E-state index in [-0.39, 0.29) is 23.9 Å². The van der Waals surface area contributed by atoms with Crippen molar-refractivity contribution in [1.29, 1.82) is 0 Å². The summed E-state index contributed by atoms with van der Waals surface area (Å²) in [5.74, 6) is 0.223. The number of ether oxygens (including phenoxy) is 1. The average Bonchev–Trinajstić information content (AvgIpc) is 2.52. The van der Waals surface area contributed by atoms with E-state index in [4.69, 9.17) is 4.74 Å². The van der Waals surface area contributed by atoms with Crippen LogP contribution < -0.4 is 0 Å². The minimum Gasteiger partial charge on any atom is -0.379 e.